The number of benzene rings is 1. The number of hydrogen-bond donors (Lipinski definition) is 1. The Morgan fingerprint density at radius 3 is 2.64 bits per heavy atom. The summed E-state index contributed by atoms with van der Waals surface area (Å²) in [5.41, 5.74) is 1.59. The van der Waals surface area contributed by atoms with Gasteiger partial charge in [0.15, 0.2) is 5.78 Å². The maximum atomic E-state index is 11.3. The minimum absolute atomic E-state index is 0.0529. The summed E-state index contributed by atoms with van der Waals surface area (Å²) in [4.78, 5) is 12.2. The molecular weight excluding hydrogens is 298 g/mol. The molecule has 0 aliphatic rings. The lowest BCUT2D eigenvalue weighted by Crippen LogP contribution is -2.07. The summed E-state index contributed by atoms with van der Waals surface area (Å²) in [6.07, 6.45) is 0. The predicted molar refractivity (Wildman–Crippen MR) is 86.1 cm³/mol. The fraction of sp³-hybridized carbons (Fsp3) is 0.188. The molecule has 0 aliphatic heterocycles. The molecule has 0 fully saturated rings. The molecule has 5 nitrogen and oxygen atoms in total. The van der Waals surface area contributed by atoms with E-state index in [4.69, 9.17) is 4.42 Å². The first-order valence-electron chi connectivity index (χ1n) is 6.88. The van der Waals surface area contributed by atoms with Crippen molar-refractivity contribution in [1.29, 1.82) is 0 Å². The van der Waals surface area contributed by atoms with Crippen molar-refractivity contribution >= 4 is 22.8 Å². The average Bonchev–Trinajstić information content (AvgIpc) is 3.19. The van der Waals surface area contributed by atoms with Crippen LogP contribution in [0.25, 0.3) is 10.8 Å². The van der Waals surface area contributed by atoms with Gasteiger partial charge in [-0.1, -0.05) is 6.07 Å². The Kier molecular flexibility index (Phi) is 4.02. The largest absolute Gasteiger partial charge is 0.418 e. The molecule has 0 bridgehead atoms. The summed E-state index contributed by atoms with van der Waals surface area (Å²) in [6, 6.07) is 11.1. The Morgan fingerprint density at radius 1 is 1.23 bits per heavy atom. The highest BCUT2D eigenvalue weighted by Gasteiger charge is 2.15. The van der Waals surface area contributed by atoms with Crippen molar-refractivity contribution in [3.8, 4) is 10.8 Å². The third-order valence-electron chi connectivity index (χ3n) is 3.22. The van der Waals surface area contributed by atoms with Crippen molar-refractivity contribution in [2.45, 2.75) is 19.9 Å². The molecule has 0 spiro atoms. The van der Waals surface area contributed by atoms with Gasteiger partial charge >= 0.3 is 0 Å². The SMILES string of the molecule is CC(=O)c1ccc(NC(C)c2nnc(-c3cccs3)o2)cc1. The van der Waals surface area contributed by atoms with Gasteiger partial charge in [-0.25, -0.2) is 0 Å². The first-order valence-corrected chi connectivity index (χ1v) is 7.76. The molecule has 0 amide bonds. The molecule has 1 aromatic carbocycles. The van der Waals surface area contributed by atoms with Crippen LogP contribution in [0.15, 0.2) is 46.2 Å². The molecule has 1 atom stereocenters. The van der Waals surface area contributed by atoms with E-state index in [1.54, 1.807) is 30.4 Å². The minimum Gasteiger partial charge on any atom is -0.418 e. The second-order valence-corrected chi connectivity index (χ2v) is 5.87. The van der Waals surface area contributed by atoms with Gasteiger partial charge in [-0.3, -0.25) is 4.79 Å². The van der Waals surface area contributed by atoms with Crippen molar-refractivity contribution in [3.05, 3.63) is 53.2 Å². The highest BCUT2D eigenvalue weighted by atomic mass is 32.1. The van der Waals surface area contributed by atoms with Crippen LogP contribution in [0.2, 0.25) is 0 Å². The standard InChI is InChI=1S/C16H15N3O2S/c1-10(17-13-7-5-12(6-8-13)11(2)20)15-18-19-16(21-15)14-4-3-9-22-14/h3-10,17H,1-2H3. The number of anilines is 1. The van der Waals surface area contributed by atoms with Crippen molar-refractivity contribution in [1.82, 2.24) is 10.2 Å². The van der Waals surface area contributed by atoms with E-state index >= 15 is 0 Å². The van der Waals surface area contributed by atoms with Crippen LogP contribution in [0.1, 0.15) is 36.1 Å². The van der Waals surface area contributed by atoms with Gasteiger partial charge in [-0.2, -0.15) is 0 Å². The van der Waals surface area contributed by atoms with E-state index in [2.05, 4.69) is 15.5 Å². The van der Waals surface area contributed by atoms with Gasteiger partial charge < -0.3 is 9.73 Å². The molecular formula is C16H15N3O2S. The molecule has 0 radical (unpaired) electrons. The van der Waals surface area contributed by atoms with Crippen LogP contribution in [0.3, 0.4) is 0 Å². The second-order valence-electron chi connectivity index (χ2n) is 4.92. The van der Waals surface area contributed by atoms with E-state index in [1.165, 1.54) is 0 Å². The second kappa shape index (κ2) is 6.11. The van der Waals surface area contributed by atoms with Gasteiger partial charge in [0.05, 0.1) is 4.88 Å². The quantitative estimate of drug-likeness (QED) is 0.716. The number of Topliss-reactive ketones (excluding diaryl/α,β-unsaturated/α-hetero) is 1. The molecule has 2 aromatic heterocycles. The number of aromatic nitrogens is 2. The molecule has 22 heavy (non-hydrogen) atoms. The van der Waals surface area contributed by atoms with Crippen molar-refractivity contribution < 1.29 is 9.21 Å². The van der Waals surface area contributed by atoms with Crippen LogP contribution in [-0.2, 0) is 0 Å². The summed E-state index contributed by atoms with van der Waals surface area (Å²) >= 11 is 1.56. The minimum atomic E-state index is -0.121. The Morgan fingerprint density at radius 2 is 2.00 bits per heavy atom. The number of carbonyl (C=O) groups is 1. The Bertz CT molecular complexity index is 763. The van der Waals surface area contributed by atoms with E-state index in [0.29, 0.717) is 17.3 Å². The van der Waals surface area contributed by atoms with Crippen molar-refractivity contribution in [2.75, 3.05) is 5.32 Å². The first-order chi connectivity index (χ1) is 10.6. The topological polar surface area (TPSA) is 68.0 Å². The smallest absolute Gasteiger partial charge is 0.257 e. The average molecular weight is 313 g/mol. The third-order valence-corrected chi connectivity index (χ3v) is 4.08. The third kappa shape index (κ3) is 3.07. The lowest BCUT2D eigenvalue weighted by Gasteiger charge is -2.11. The van der Waals surface area contributed by atoms with Crippen LogP contribution < -0.4 is 5.32 Å². The Balaban J connectivity index is 1.71. The van der Waals surface area contributed by atoms with Gasteiger partial charge in [0.25, 0.3) is 5.89 Å². The molecule has 1 unspecified atom stereocenters. The molecule has 3 rings (SSSR count). The normalized spacial score (nSPS) is 12.1. The number of thiophene rings is 1. The Hall–Kier alpha value is -2.47. The molecule has 1 N–H and O–H groups in total. The van der Waals surface area contributed by atoms with Gasteiger partial charge in [-0.15, -0.1) is 21.5 Å². The van der Waals surface area contributed by atoms with Gasteiger partial charge in [0.1, 0.15) is 6.04 Å². The lowest BCUT2D eigenvalue weighted by atomic mass is 10.1. The van der Waals surface area contributed by atoms with Crippen LogP contribution in [-0.4, -0.2) is 16.0 Å². The van der Waals surface area contributed by atoms with Crippen LogP contribution in [0, 0.1) is 0 Å². The molecule has 2 heterocycles. The van der Waals surface area contributed by atoms with E-state index in [1.807, 2.05) is 36.6 Å². The number of rotatable bonds is 5. The van der Waals surface area contributed by atoms with E-state index in [9.17, 15) is 4.79 Å². The first kappa shape index (κ1) is 14.5. The maximum absolute atomic E-state index is 11.3. The van der Waals surface area contributed by atoms with Gasteiger partial charge in [-0.05, 0) is 49.6 Å². The molecule has 112 valence electrons. The van der Waals surface area contributed by atoms with Crippen molar-refractivity contribution in [3.63, 3.8) is 0 Å². The molecule has 3 aromatic rings. The molecule has 6 heteroatoms. The number of nitrogens with one attached hydrogen (secondary N) is 1. The lowest BCUT2D eigenvalue weighted by molar-refractivity contribution is 0.101. The number of carbonyl (C=O) groups excluding carboxylic acids is 1. The fourth-order valence-corrected chi connectivity index (χ4v) is 2.67. The summed E-state index contributed by atoms with van der Waals surface area (Å²) < 4.78 is 5.70. The zero-order valence-electron chi connectivity index (χ0n) is 12.2. The summed E-state index contributed by atoms with van der Waals surface area (Å²) in [7, 11) is 0. The van der Waals surface area contributed by atoms with Crippen LogP contribution in [0.4, 0.5) is 5.69 Å². The monoisotopic (exact) mass is 313 g/mol. The summed E-state index contributed by atoms with van der Waals surface area (Å²) in [5.74, 6) is 1.11. The van der Waals surface area contributed by atoms with E-state index < -0.39 is 0 Å². The zero-order chi connectivity index (χ0) is 15.5. The van der Waals surface area contributed by atoms with E-state index in [-0.39, 0.29) is 11.8 Å². The maximum Gasteiger partial charge on any atom is 0.257 e. The van der Waals surface area contributed by atoms with E-state index in [0.717, 1.165) is 10.6 Å². The van der Waals surface area contributed by atoms with Crippen molar-refractivity contribution in [2.24, 2.45) is 0 Å². The number of nitrogens with zero attached hydrogens (tertiary/aromatic N) is 2. The number of ketones is 1. The summed E-state index contributed by atoms with van der Waals surface area (Å²) in [6.45, 7) is 3.50. The van der Waals surface area contributed by atoms with Gasteiger partial charge in [0.2, 0.25) is 5.89 Å². The highest BCUT2D eigenvalue weighted by Crippen LogP contribution is 2.26. The van der Waals surface area contributed by atoms with Crippen LogP contribution >= 0.6 is 11.3 Å². The zero-order valence-corrected chi connectivity index (χ0v) is 13.1. The van der Waals surface area contributed by atoms with Crippen LogP contribution in [0.5, 0.6) is 0 Å². The molecule has 0 aliphatic carbocycles. The predicted octanol–water partition coefficient (Wildman–Crippen LogP) is 4.17. The molecule has 0 saturated carbocycles. The Labute approximate surface area is 132 Å². The highest BCUT2D eigenvalue weighted by molar-refractivity contribution is 7.13. The fourth-order valence-electron chi connectivity index (χ4n) is 2.02. The molecule has 0 saturated heterocycles. The summed E-state index contributed by atoms with van der Waals surface area (Å²) in [5, 5.41) is 13.4. The number of hydrogen-bond acceptors (Lipinski definition) is 6. The van der Waals surface area contributed by atoms with Gasteiger partial charge in [0, 0.05) is 11.3 Å².